The Kier molecular flexibility index (Phi) is 4.69. The number of rotatable bonds is 5. The Balaban J connectivity index is 1.81. The SMILES string of the molecule is CCNC(c1ccc(-c2ccccc2)cc1)C1CCOC1. The molecule has 2 nitrogen and oxygen atoms in total. The topological polar surface area (TPSA) is 21.3 Å². The number of ether oxygens (including phenoxy) is 1. The summed E-state index contributed by atoms with van der Waals surface area (Å²) in [5, 5.41) is 3.62. The standard InChI is InChI=1S/C19H23NO/c1-2-20-19(18-12-13-21-14-18)17-10-8-16(9-11-17)15-6-4-3-5-7-15/h3-11,18-20H,2,12-14H2,1H3. The van der Waals surface area contributed by atoms with Gasteiger partial charge in [0.25, 0.3) is 0 Å². The van der Waals surface area contributed by atoms with Crippen LogP contribution in [0.2, 0.25) is 0 Å². The van der Waals surface area contributed by atoms with Gasteiger partial charge >= 0.3 is 0 Å². The third kappa shape index (κ3) is 3.34. The maximum atomic E-state index is 5.56. The van der Waals surface area contributed by atoms with Crippen LogP contribution in [0.5, 0.6) is 0 Å². The van der Waals surface area contributed by atoms with Gasteiger partial charge in [-0.15, -0.1) is 0 Å². The fraction of sp³-hybridized carbons (Fsp3) is 0.368. The van der Waals surface area contributed by atoms with Crippen LogP contribution in [0.15, 0.2) is 54.6 Å². The van der Waals surface area contributed by atoms with E-state index in [1.807, 2.05) is 0 Å². The van der Waals surface area contributed by atoms with Gasteiger partial charge in [-0.25, -0.2) is 0 Å². The van der Waals surface area contributed by atoms with Gasteiger partial charge < -0.3 is 10.1 Å². The lowest BCUT2D eigenvalue weighted by molar-refractivity contribution is 0.177. The predicted octanol–water partition coefficient (Wildman–Crippen LogP) is 4.04. The fourth-order valence-electron chi connectivity index (χ4n) is 3.11. The van der Waals surface area contributed by atoms with Crippen molar-refractivity contribution in [2.75, 3.05) is 19.8 Å². The molecule has 2 aromatic carbocycles. The summed E-state index contributed by atoms with van der Waals surface area (Å²) < 4.78 is 5.56. The van der Waals surface area contributed by atoms with Crippen LogP contribution in [-0.2, 0) is 4.74 Å². The molecule has 1 heterocycles. The van der Waals surface area contributed by atoms with Gasteiger partial charge in [-0.2, -0.15) is 0 Å². The largest absolute Gasteiger partial charge is 0.381 e. The Labute approximate surface area is 127 Å². The Morgan fingerprint density at radius 2 is 1.76 bits per heavy atom. The van der Waals surface area contributed by atoms with Gasteiger partial charge in [-0.05, 0) is 29.7 Å². The summed E-state index contributed by atoms with van der Waals surface area (Å²) >= 11 is 0. The third-order valence-corrected chi connectivity index (χ3v) is 4.24. The van der Waals surface area contributed by atoms with E-state index < -0.39 is 0 Å². The van der Waals surface area contributed by atoms with E-state index in [0.717, 1.165) is 26.2 Å². The van der Waals surface area contributed by atoms with Crippen molar-refractivity contribution in [2.24, 2.45) is 5.92 Å². The van der Waals surface area contributed by atoms with E-state index in [0.29, 0.717) is 12.0 Å². The Morgan fingerprint density at radius 1 is 1.05 bits per heavy atom. The molecule has 0 spiro atoms. The molecule has 3 rings (SSSR count). The minimum atomic E-state index is 0.405. The fourth-order valence-corrected chi connectivity index (χ4v) is 3.11. The van der Waals surface area contributed by atoms with Crippen molar-refractivity contribution >= 4 is 0 Å². The smallest absolute Gasteiger partial charge is 0.0513 e. The molecule has 1 saturated heterocycles. The molecule has 110 valence electrons. The van der Waals surface area contributed by atoms with E-state index in [-0.39, 0.29) is 0 Å². The molecule has 1 N–H and O–H groups in total. The molecule has 0 aliphatic carbocycles. The normalized spacial score (nSPS) is 19.6. The van der Waals surface area contributed by atoms with Crippen LogP contribution in [0.3, 0.4) is 0 Å². The second-order valence-electron chi connectivity index (χ2n) is 5.65. The van der Waals surface area contributed by atoms with Gasteiger partial charge in [0.1, 0.15) is 0 Å². The molecular weight excluding hydrogens is 258 g/mol. The zero-order valence-corrected chi connectivity index (χ0v) is 12.6. The average Bonchev–Trinajstić information content (AvgIpc) is 3.08. The highest BCUT2D eigenvalue weighted by molar-refractivity contribution is 5.63. The zero-order chi connectivity index (χ0) is 14.5. The third-order valence-electron chi connectivity index (χ3n) is 4.24. The van der Waals surface area contributed by atoms with Gasteiger partial charge in [0, 0.05) is 18.6 Å². The van der Waals surface area contributed by atoms with Crippen LogP contribution < -0.4 is 5.32 Å². The molecular formula is C19H23NO. The molecule has 1 fully saturated rings. The molecule has 0 saturated carbocycles. The first kappa shape index (κ1) is 14.3. The van der Waals surface area contributed by atoms with Crippen LogP contribution >= 0.6 is 0 Å². The Bertz CT molecular complexity index is 544. The highest BCUT2D eigenvalue weighted by atomic mass is 16.5. The number of hydrogen-bond donors (Lipinski definition) is 1. The lowest BCUT2D eigenvalue weighted by Crippen LogP contribution is -2.28. The van der Waals surface area contributed by atoms with Crippen molar-refractivity contribution in [2.45, 2.75) is 19.4 Å². The molecule has 0 bridgehead atoms. The summed E-state index contributed by atoms with van der Waals surface area (Å²) in [6.45, 7) is 4.93. The Morgan fingerprint density at radius 3 is 2.38 bits per heavy atom. The second kappa shape index (κ2) is 6.88. The van der Waals surface area contributed by atoms with Crippen molar-refractivity contribution in [3.8, 4) is 11.1 Å². The monoisotopic (exact) mass is 281 g/mol. The molecule has 0 radical (unpaired) electrons. The molecule has 2 unspecified atom stereocenters. The van der Waals surface area contributed by atoms with Crippen LogP contribution in [-0.4, -0.2) is 19.8 Å². The molecule has 0 amide bonds. The first-order valence-electron chi connectivity index (χ1n) is 7.85. The summed E-state index contributed by atoms with van der Waals surface area (Å²) in [7, 11) is 0. The maximum absolute atomic E-state index is 5.56. The zero-order valence-electron chi connectivity index (χ0n) is 12.6. The van der Waals surface area contributed by atoms with Gasteiger partial charge in [0.05, 0.1) is 6.61 Å². The van der Waals surface area contributed by atoms with Crippen LogP contribution in [0.25, 0.3) is 11.1 Å². The molecule has 0 aromatic heterocycles. The minimum absolute atomic E-state index is 0.405. The average molecular weight is 281 g/mol. The lowest BCUT2D eigenvalue weighted by atomic mass is 9.91. The van der Waals surface area contributed by atoms with Crippen molar-refractivity contribution in [3.63, 3.8) is 0 Å². The summed E-state index contributed by atoms with van der Waals surface area (Å²) in [6, 6.07) is 19.9. The van der Waals surface area contributed by atoms with E-state index in [9.17, 15) is 0 Å². The van der Waals surface area contributed by atoms with E-state index >= 15 is 0 Å². The van der Waals surface area contributed by atoms with Crippen molar-refractivity contribution in [1.29, 1.82) is 0 Å². The molecule has 2 heteroatoms. The highest BCUT2D eigenvalue weighted by Crippen LogP contribution is 2.30. The van der Waals surface area contributed by atoms with Crippen LogP contribution in [0.4, 0.5) is 0 Å². The van der Waals surface area contributed by atoms with Gasteiger partial charge in [0.15, 0.2) is 0 Å². The molecule has 1 aliphatic rings. The predicted molar refractivity (Wildman–Crippen MR) is 87.2 cm³/mol. The van der Waals surface area contributed by atoms with Crippen LogP contribution in [0, 0.1) is 5.92 Å². The van der Waals surface area contributed by atoms with Crippen LogP contribution in [0.1, 0.15) is 24.9 Å². The second-order valence-corrected chi connectivity index (χ2v) is 5.65. The molecule has 2 aromatic rings. The summed E-state index contributed by atoms with van der Waals surface area (Å²) in [5.74, 6) is 0.590. The van der Waals surface area contributed by atoms with E-state index in [2.05, 4.69) is 66.8 Å². The minimum Gasteiger partial charge on any atom is -0.381 e. The maximum Gasteiger partial charge on any atom is 0.0513 e. The Hall–Kier alpha value is -1.64. The highest BCUT2D eigenvalue weighted by Gasteiger charge is 2.26. The molecule has 1 aliphatic heterocycles. The van der Waals surface area contributed by atoms with Crippen molar-refractivity contribution < 1.29 is 4.74 Å². The van der Waals surface area contributed by atoms with E-state index in [1.165, 1.54) is 16.7 Å². The van der Waals surface area contributed by atoms with Gasteiger partial charge in [-0.3, -0.25) is 0 Å². The van der Waals surface area contributed by atoms with Crippen molar-refractivity contribution in [3.05, 3.63) is 60.2 Å². The number of nitrogens with one attached hydrogen (secondary N) is 1. The van der Waals surface area contributed by atoms with Gasteiger partial charge in [0.2, 0.25) is 0 Å². The number of benzene rings is 2. The first-order chi connectivity index (χ1) is 10.4. The van der Waals surface area contributed by atoms with E-state index in [4.69, 9.17) is 4.74 Å². The lowest BCUT2D eigenvalue weighted by Gasteiger charge is -2.24. The molecule has 2 atom stereocenters. The first-order valence-corrected chi connectivity index (χ1v) is 7.85. The summed E-state index contributed by atoms with van der Waals surface area (Å²) in [4.78, 5) is 0. The summed E-state index contributed by atoms with van der Waals surface area (Å²) in [6.07, 6.45) is 1.15. The number of hydrogen-bond acceptors (Lipinski definition) is 2. The van der Waals surface area contributed by atoms with E-state index in [1.54, 1.807) is 0 Å². The van der Waals surface area contributed by atoms with Gasteiger partial charge in [-0.1, -0.05) is 61.5 Å². The summed E-state index contributed by atoms with van der Waals surface area (Å²) in [5.41, 5.74) is 3.91. The van der Waals surface area contributed by atoms with Crippen molar-refractivity contribution in [1.82, 2.24) is 5.32 Å². The quantitative estimate of drug-likeness (QED) is 0.893. The molecule has 21 heavy (non-hydrogen) atoms.